The van der Waals surface area contributed by atoms with Gasteiger partial charge in [-0.15, -0.1) is 11.3 Å². The van der Waals surface area contributed by atoms with E-state index in [1.807, 2.05) is 25.1 Å². The lowest BCUT2D eigenvalue weighted by atomic mass is 10.2. The second-order valence-corrected chi connectivity index (χ2v) is 5.94. The van der Waals surface area contributed by atoms with Crippen molar-refractivity contribution in [2.45, 2.75) is 13.5 Å². The van der Waals surface area contributed by atoms with Gasteiger partial charge in [-0.1, -0.05) is 6.07 Å². The van der Waals surface area contributed by atoms with E-state index in [4.69, 9.17) is 17.0 Å². The van der Waals surface area contributed by atoms with Crippen molar-refractivity contribution in [3.05, 3.63) is 40.5 Å². The predicted octanol–water partition coefficient (Wildman–Crippen LogP) is 2.09. The molecular weight excluding hydrogens is 306 g/mol. The Kier molecular flexibility index (Phi) is 3.85. The maximum Gasteiger partial charge on any atom is 0.337 e. The van der Waals surface area contributed by atoms with E-state index in [9.17, 15) is 4.79 Å². The molecule has 0 spiro atoms. The van der Waals surface area contributed by atoms with Gasteiger partial charge in [0.1, 0.15) is 6.61 Å². The second kappa shape index (κ2) is 5.79. The molecule has 0 radical (unpaired) electrons. The molecule has 2 aromatic rings. The van der Waals surface area contributed by atoms with Crippen LogP contribution >= 0.6 is 23.6 Å². The van der Waals surface area contributed by atoms with Crippen LogP contribution in [0.5, 0.6) is 0 Å². The number of rotatable bonds is 3. The molecule has 0 aliphatic carbocycles. The molecule has 0 atom stereocenters. The Labute approximate surface area is 131 Å². The highest BCUT2D eigenvalue weighted by molar-refractivity contribution is 7.80. The average molecular weight is 319 g/mol. The maximum atomic E-state index is 12.1. The molecule has 2 N–H and O–H groups in total. The third-order valence-electron chi connectivity index (χ3n) is 3.19. The van der Waals surface area contributed by atoms with Crippen LogP contribution in [0.1, 0.15) is 12.5 Å². The summed E-state index contributed by atoms with van der Waals surface area (Å²) in [6.07, 6.45) is 0. The number of hydrogen-bond donors (Lipinski definition) is 2. The molecule has 0 fully saturated rings. The summed E-state index contributed by atoms with van der Waals surface area (Å²) >= 11 is 6.56. The minimum atomic E-state index is -0.334. The molecule has 3 rings (SSSR count). The zero-order valence-corrected chi connectivity index (χ0v) is 12.9. The van der Waals surface area contributed by atoms with Gasteiger partial charge in [-0.05, 0) is 36.8 Å². The number of allylic oxidation sites excluding steroid dienone is 1. The van der Waals surface area contributed by atoms with Crippen molar-refractivity contribution in [1.82, 2.24) is 15.6 Å². The molecule has 21 heavy (non-hydrogen) atoms. The van der Waals surface area contributed by atoms with E-state index in [1.165, 1.54) is 0 Å². The van der Waals surface area contributed by atoms with Crippen LogP contribution in [-0.4, -0.2) is 22.6 Å². The number of aromatic nitrogens is 1. The zero-order chi connectivity index (χ0) is 14.8. The summed E-state index contributed by atoms with van der Waals surface area (Å²) in [6, 6.07) is 5.85. The first-order chi connectivity index (χ1) is 10.1. The van der Waals surface area contributed by atoms with Crippen molar-refractivity contribution in [1.29, 1.82) is 0 Å². The fourth-order valence-electron chi connectivity index (χ4n) is 2.04. The van der Waals surface area contributed by atoms with E-state index < -0.39 is 0 Å². The number of nitrogens with one attached hydrogen (secondary N) is 2. The summed E-state index contributed by atoms with van der Waals surface area (Å²) in [5.74, 6) is -0.334. The first-order valence-corrected chi connectivity index (χ1v) is 7.66. The van der Waals surface area contributed by atoms with Crippen molar-refractivity contribution in [3.8, 4) is 0 Å². The number of carbonyl (C=O) groups excluding carboxylic acids is 1. The van der Waals surface area contributed by atoms with E-state index in [2.05, 4.69) is 15.6 Å². The molecule has 1 aromatic carbocycles. The number of esters is 1. The third kappa shape index (κ3) is 3.03. The number of thiazole rings is 1. The Morgan fingerprint density at radius 2 is 2.38 bits per heavy atom. The Balaban J connectivity index is 1.68. The molecular formula is C14H13N3O2S2. The zero-order valence-electron chi connectivity index (χ0n) is 11.3. The lowest BCUT2D eigenvalue weighted by Crippen LogP contribution is -2.42. The molecule has 0 saturated heterocycles. The van der Waals surface area contributed by atoms with Gasteiger partial charge in [-0.25, -0.2) is 9.78 Å². The molecule has 1 aliphatic rings. The quantitative estimate of drug-likeness (QED) is 0.667. The largest absolute Gasteiger partial charge is 0.457 e. The Hall–Kier alpha value is -1.99. The third-order valence-corrected chi connectivity index (χ3v) is 4.23. The molecule has 0 bridgehead atoms. The van der Waals surface area contributed by atoms with Gasteiger partial charge in [0.15, 0.2) is 5.11 Å². The molecule has 1 aliphatic heterocycles. The molecule has 0 amide bonds. The van der Waals surface area contributed by atoms with Gasteiger partial charge >= 0.3 is 5.97 Å². The van der Waals surface area contributed by atoms with Crippen molar-refractivity contribution >= 4 is 44.9 Å². The topological polar surface area (TPSA) is 63.2 Å². The van der Waals surface area contributed by atoms with Crippen LogP contribution in [0.25, 0.3) is 10.2 Å². The van der Waals surface area contributed by atoms with Crippen LogP contribution < -0.4 is 10.6 Å². The van der Waals surface area contributed by atoms with Gasteiger partial charge in [-0.3, -0.25) is 0 Å². The number of hydrogen-bond acceptors (Lipinski definition) is 5. The van der Waals surface area contributed by atoms with Crippen molar-refractivity contribution in [2.75, 3.05) is 6.54 Å². The highest BCUT2D eigenvalue weighted by Gasteiger charge is 2.19. The van der Waals surface area contributed by atoms with E-state index in [-0.39, 0.29) is 12.6 Å². The summed E-state index contributed by atoms with van der Waals surface area (Å²) in [5.41, 5.74) is 5.02. The Bertz CT molecular complexity index is 752. The van der Waals surface area contributed by atoms with Gasteiger partial charge in [-0.2, -0.15) is 0 Å². The average Bonchev–Trinajstić information content (AvgIpc) is 2.92. The standard InChI is InChI=1S/C14H13N3O2S2/c1-8-10(5-15-14(20)17-8)13(18)19-6-9-2-3-11-12(4-9)21-7-16-11/h2-4,7H,5-6H2,1H3,(H2,15,17,20). The molecule has 0 saturated carbocycles. The molecule has 0 unspecified atom stereocenters. The molecule has 7 heteroatoms. The van der Waals surface area contributed by atoms with Crippen molar-refractivity contribution in [2.24, 2.45) is 0 Å². The number of carbonyl (C=O) groups is 1. The van der Waals surface area contributed by atoms with E-state index in [0.717, 1.165) is 21.5 Å². The summed E-state index contributed by atoms with van der Waals surface area (Å²) < 4.78 is 6.45. The van der Waals surface area contributed by atoms with Gasteiger partial charge in [0.2, 0.25) is 0 Å². The van der Waals surface area contributed by atoms with Gasteiger partial charge < -0.3 is 15.4 Å². The highest BCUT2D eigenvalue weighted by Crippen LogP contribution is 2.20. The first-order valence-electron chi connectivity index (χ1n) is 6.37. The van der Waals surface area contributed by atoms with Crippen molar-refractivity contribution in [3.63, 3.8) is 0 Å². The van der Waals surface area contributed by atoms with E-state index in [0.29, 0.717) is 17.2 Å². The van der Waals surface area contributed by atoms with Crippen LogP contribution in [0.3, 0.4) is 0 Å². The minimum absolute atomic E-state index is 0.244. The highest BCUT2D eigenvalue weighted by atomic mass is 32.1. The fourth-order valence-corrected chi connectivity index (χ4v) is 3.01. The van der Waals surface area contributed by atoms with Crippen molar-refractivity contribution < 1.29 is 9.53 Å². The molecule has 1 aromatic heterocycles. The van der Waals surface area contributed by atoms with Crippen LogP contribution in [0, 0.1) is 0 Å². The number of ether oxygens (including phenoxy) is 1. The summed E-state index contributed by atoms with van der Waals surface area (Å²) in [7, 11) is 0. The lowest BCUT2D eigenvalue weighted by molar-refractivity contribution is -0.140. The van der Waals surface area contributed by atoms with E-state index >= 15 is 0 Å². The molecule has 108 valence electrons. The summed E-state index contributed by atoms with van der Waals surface area (Å²) in [5, 5.41) is 6.37. The number of benzene rings is 1. The second-order valence-electron chi connectivity index (χ2n) is 4.64. The summed E-state index contributed by atoms with van der Waals surface area (Å²) in [6.45, 7) is 2.45. The minimum Gasteiger partial charge on any atom is -0.457 e. The maximum absolute atomic E-state index is 12.1. The Morgan fingerprint density at radius 1 is 1.52 bits per heavy atom. The smallest absolute Gasteiger partial charge is 0.337 e. The van der Waals surface area contributed by atoms with E-state index in [1.54, 1.807) is 16.8 Å². The monoisotopic (exact) mass is 319 g/mol. The number of nitrogens with zero attached hydrogens (tertiary/aromatic N) is 1. The van der Waals surface area contributed by atoms with Gasteiger partial charge in [0, 0.05) is 5.70 Å². The fraction of sp³-hybridized carbons (Fsp3) is 0.214. The number of fused-ring (bicyclic) bond motifs is 1. The Morgan fingerprint density at radius 3 is 3.19 bits per heavy atom. The van der Waals surface area contributed by atoms with Crippen LogP contribution in [0.4, 0.5) is 0 Å². The lowest BCUT2D eigenvalue weighted by Gasteiger charge is -2.20. The van der Waals surface area contributed by atoms with Crippen LogP contribution in [0.15, 0.2) is 35.0 Å². The SMILES string of the molecule is CC1=C(C(=O)OCc2ccc3ncsc3c2)CNC(=S)N1. The molecule has 2 heterocycles. The first kappa shape index (κ1) is 14.0. The summed E-state index contributed by atoms with van der Waals surface area (Å²) in [4.78, 5) is 16.3. The molecule has 5 nitrogen and oxygen atoms in total. The predicted molar refractivity (Wildman–Crippen MR) is 85.9 cm³/mol. The van der Waals surface area contributed by atoms with Gasteiger partial charge in [0.25, 0.3) is 0 Å². The number of thiocarbonyl (C=S) groups is 1. The normalized spacial score (nSPS) is 14.8. The van der Waals surface area contributed by atoms with Gasteiger partial charge in [0.05, 0.1) is 27.8 Å². The van der Waals surface area contributed by atoms with Crippen LogP contribution in [-0.2, 0) is 16.1 Å². The van der Waals surface area contributed by atoms with Crippen LogP contribution in [0.2, 0.25) is 0 Å².